The van der Waals surface area contributed by atoms with Crippen molar-refractivity contribution in [2.75, 3.05) is 0 Å². The molecule has 1 saturated carbocycles. The molecule has 1 aromatic heterocycles. The Morgan fingerprint density at radius 1 is 1.24 bits per heavy atom. The molecule has 1 aromatic carbocycles. The van der Waals surface area contributed by atoms with Gasteiger partial charge in [-0.3, -0.25) is 9.89 Å². The summed E-state index contributed by atoms with van der Waals surface area (Å²) in [5, 5.41) is 10.2. The Morgan fingerprint density at radius 3 is 2.76 bits per heavy atom. The summed E-state index contributed by atoms with van der Waals surface area (Å²) in [6.45, 7) is 2.21. The second-order valence-electron chi connectivity index (χ2n) is 5.87. The molecule has 4 nitrogen and oxygen atoms in total. The van der Waals surface area contributed by atoms with Gasteiger partial charge in [0.05, 0.1) is 5.69 Å². The van der Waals surface area contributed by atoms with Gasteiger partial charge in [0.2, 0.25) is 0 Å². The fourth-order valence-electron chi connectivity index (χ4n) is 2.97. The van der Waals surface area contributed by atoms with Gasteiger partial charge >= 0.3 is 0 Å². The van der Waals surface area contributed by atoms with E-state index in [9.17, 15) is 4.79 Å². The normalized spacial score (nSPS) is 22.0. The lowest BCUT2D eigenvalue weighted by Crippen LogP contribution is -2.41. The highest BCUT2D eigenvalue weighted by molar-refractivity contribution is 5.93. The van der Waals surface area contributed by atoms with Crippen molar-refractivity contribution in [1.82, 2.24) is 15.5 Å². The largest absolute Gasteiger partial charge is 0.348 e. The minimum atomic E-state index is -0.0524. The predicted molar refractivity (Wildman–Crippen MR) is 82.9 cm³/mol. The Kier molecular flexibility index (Phi) is 4.04. The lowest BCUT2D eigenvalue weighted by atomic mass is 9.86. The first-order valence-corrected chi connectivity index (χ1v) is 7.66. The average molecular weight is 283 g/mol. The molecule has 0 aliphatic heterocycles. The smallest absolute Gasteiger partial charge is 0.269 e. The molecule has 1 aliphatic carbocycles. The molecule has 4 heteroatoms. The van der Waals surface area contributed by atoms with Crippen molar-refractivity contribution in [3.05, 3.63) is 42.1 Å². The van der Waals surface area contributed by atoms with Gasteiger partial charge in [0.25, 0.3) is 5.91 Å². The lowest BCUT2D eigenvalue weighted by Gasteiger charge is -2.29. The van der Waals surface area contributed by atoms with Crippen LogP contribution in [0.5, 0.6) is 0 Å². The number of carbonyl (C=O) groups is 1. The molecule has 0 unspecified atom stereocenters. The van der Waals surface area contributed by atoms with Gasteiger partial charge in [-0.05, 0) is 24.8 Å². The van der Waals surface area contributed by atoms with Crippen molar-refractivity contribution in [1.29, 1.82) is 0 Å². The molecule has 1 heterocycles. The highest BCUT2D eigenvalue weighted by Gasteiger charge is 2.23. The summed E-state index contributed by atoms with van der Waals surface area (Å²) in [6.07, 6.45) is 4.75. The maximum absolute atomic E-state index is 12.3. The van der Waals surface area contributed by atoms with E-state index in [1.807, 2.05) is 36.4 Å². The van der Waals surface area contributed by atoms with E-state index < -0.39 is 0 Å². The maximum atomic E-state index is 12.3. The Hall–Kier alpha value is -2.10. The summed E-state index contributed by atoms with van der Waals surface area (Å²) in [4.78, 5) is 12.3. The van der Waals surface area contributed by atoms with Gasteiger partial charge in [-0.15, -0.1) is 0 Å². The summed E-state index contributed by atoms with van der Waals surface area (Å²) in [6, 6.07) is 12.0. The maximum Gasteiger partial charge on any atom is 0.269 e. The van der Waals surface area contributed by atoms with E-state index in [1.54, 1.807) is 0 Å². The number of carbonyl (C=O) groups excluding carboxylic acids is 1. The molecule has 0 radical (unpaired) electrons. The molecule has 1 amide bonds. The average Bonchev–Trinajstić information content (AvgIpc) is 3.00. The van der Waals surface area contributed by atoms with Crippen LogP contribution < -0.4 is 5.32 Å². The number of hydrogen-bond acceptors (Lipinski definition) is 2. The minimum absolute atomic E-state index is 0.0524. The van der Waals surface area contributed by atoms with Crippen LogP contribution in [0.4, 0.5) is 0 Å². The molecule has 2 aromatic rings. The van der Waals surface area contributed by atoms with E-state index in [2.05, 4.69) is 22.4 Å². The van der Waals surface area contributed by atoms with Crippen molar-refractivity contribution in [2.45, 2.75) is 38.6 Å². The van der Waals surface area contributed by atoms with Crippen LogP contribution in [0.1, 0.15) is 43.1 Å². The first-order valence-electron chi connectivity index (χ1n) is 7.66. The second-order valence-corrected chi connectivity index (χ2v) is 5.87. The topological polar surface area (TPSA) is 57.8 Å². The van der Waals surface area contributed by atoms with Crippen LogP contribution in [-0.2, 0) is 0 Å². The first kappa shape index (κ1) is 13.9. The Labute approximate surface area is 125 Å². The second kappa shape index (κ2) is 6.12. The summed E-state index contributed by atoms with van der Waals surface area (Å²) < 4.78 is 0. The van der Waals surface area contributed by atoms with E-state index in [0.717, 1.165) is 17.7 Å². The number of nitrogens with zero attached hydrogens (tertiary/aromatic N) is 1. The van der Waals surface area contributed by atoms with Crippen LogP contribution in [0.15, 0.2) is 36.4 Å². The van der Waals surface area contributed by atoms with Gasteiger partial charge in [-0.2, -0.15) is 5.10 Å². The monoisotopic (exact) mass is 283 g/mol. The molecule has 0 bridgehead atoms. The molecular formula is C17H21N3O. The van der Waals surface area contributed by atoms with Crippen LogP contribution in [0.2, 0.25) is 0 Å². The van der Waals surface area contributed by atoms with Crippen LogP contribution in [0.3, 0.4) is 0 Å². The molecule has 1 aliphatic rings. The van der Waals surface area contributed by atoms with E-state index in [-0.39, 0.29) is 11.9 Å². The van der Waals surface area contributed by atoms with Gasteiger partial charge in [0.1, 0.15) is 5.69 Å². The summed E-state index contributed by atoms with van der Waals surface area (Å²) in [5.41, 5.74) is 2.35. The molecule has 21 heavy (non-hydrogen) atoms. The van der Waals surface area contributed by atoms with Crippen LogP contribution in [0.25, 0.3) is 11.3 Å². The highest BCUT2D eigenvalue weighted by atomic mass is 16.2. The molecule has 2 N–H and O–H groups in total. The van der Waals surface area contributed by atoms with E-state index in [1.165, 1.54) is 19.3 Å². The van der Waals surface area contributed by atoms with Crippen LogP contribution in [-0.4, -0.2) is 22.1 Å². The fraction of sp³-hybridized carbons (Fsp3) is 0.412. The Morgan fingerprint density at radius 2 is 2.00 bits per heavy atom. The van der Waals surface area contributed by atoms with Crippen LogP contribution in [0, 0.1) is 5.92 Å². The number of hydrogen-bond donors (Lipinski definition) is 2. The SMILES string of the molecule is C[C@@H]1CCCC[C@H]1NC(=O)c1cc(-c2ccccc2)n[nH]1. The van der Waals surface area contributed by atoms with Crippen molar-refractivity contribution in [3.63, 3.8) is 0 Å². The van der Waals surface area contributed by atoms with Gasteiger partial charge in [0, 0.05) is 11.6 Å². The van der Waals surface area contributed by atoms with Crippen molar-refractivity contribution >= 4 is 5.91 Å². The molecule has 1 fully saturated rings. The van der Waals surface area contributed by atoms with Crippen molar-refractivity contribution in [3.8, 4) is 11.3 Å². The lowest BCUT2D eigenvalue weighted by molar-refractivity contribution is 0.0905. The molecule has 0 spiro atoms. The first-order chi connectivity index (χ1) is 10.2. The number of aromatic amines is 1. The van der Waals surface area contributed by atoms with E-state index in [4.69, 9.17) is 0 Å². The third-order valence-electron chi connectivity index (χ3n) is 4.32. The number of aromatic nitrogens is 2. The highest BCUT2D eigenvalue weighted by Crippen LogP contribution is 2.24. The third-order valence-corrected chi connectivity index (χ3v) is 4.32. The number of benzene rings is 1. The van der Waals surface area contributed by atoms with Crippen molar-refractivity contribution < 1.29 is 4.79 Å². The number of nitrogens with one attached hydrogen (secondary N) is 2. The van der Waals surface area contributed by atoms with Gasteiger partial charge in [-0.25, -0.2) is 0 Å². The number of rotatable bonds is 3. The zero-order valence-corrected chi connectivity index (χ0v) is 12.3. The Balaban J connectivity index is 1.69. The molecule has 0 saturated heterocycles. The minimum Gasteiger partial charge on any atom is -0.348 e. The number of H-pyrrole nitrogens is 1. The molecule has 2 atom stereocenters. The van der Waals surface area contributed by atoms with Gasteiger partial charge in [-0.1, -0.05) is 50.1 Å². The van der Waals surface area contributed by atoms with Crippen molar-refractivity contribution in [2.24, 2.45) is 5.92 Å². The third kappa shape index (κ3) is 3.15. The quantitative estimate of drug-likeness (QED) is 0.907. The van der Waals surface area contributed by atoms with Gasteiger partial charge in [0.15, 0.2) is 0 Å². The molecule has 110 valence electrons. The Bertz CT molecular complexity index is 606. The fourth-order valence-corrected chi connectivity index (χ4v) is 2.97. The summed E-state index contributed by atoms with van der Waals surface area (Å²) in [7, 11) is 0. The van der Waals surface area contributed by atoms with Crippen LogP contribution >= 0.6 is 0 Å². The predicted octanol–water partition coefficient (Wildman–Crippen LogP) is 3.39. The summed E-state index contributed by atoms with van der Waals surface area (Å²) >= 11 is 0. The van der Waals surface area contributed by atoms with E-state index >= 15 is 0 Å². The van der Waals surface area contributed by atoms with Gasteiger partial charge < -0.3 is 5.32 Å². The molecular weight excluding hydrogens is 262 g/mol. The standard InChI is InChI=1S/C17H21N3O/c1-12-7-5-6-10-14(12)18-17(21)16-11-15(19-20-16)13-8-3-2-4-9-13/h2-4,8-9,11-12,14H,5-7,10H2,1H3,(H,18,21)(H,19,20)/t12-,14-/m1/s1. The zero-order chi connectivity index (χ0) is 14.7. The summed E-state index contributed by atoms with van der Waals surface area (Å²) in [5.74, 6) is 0.502. The van der Waals surface area contributed by atoms with E-state index in [0.29, 0.717) is 11.6 Å². The molecule has 3 rings (SSSR count). The number of amides is 1. The zero-order valence-electron chi connectivity index (χ0n) is 12.3.